The van der Waals surface area contributed by atoms with Gasteiger partial charge >= 0.3 is 0 Å². The van der Waals surface area contributed by atoms with Crippen LogP contribution in [0.1, 0.15) is 22.8 Å². The second-order valence-corrected chi connectivity index (χ2v) is 4.64. The maximum atomic E-state index is 12.5. The van der Waals surface area contributed by atoms with E-state index in [0.29, 0.717) is 24.3 Å². The molecular formula is C14H15ClN4O. The zero-order chi connectivity index (χ0) is 14.5. The Labute approximate surface area is 122 Å². The van der Waals surface area contributed by atoms with Crippen molar-refractivity contribution in [3.05, 3.63) is 53.1 Å². The van der Waals surface area contributed by atoms with Crippen molar-refractivity contribution in [3.8, 4) is 0 Å². The van der Waals surface area contributed by atoms with Gasteiger partial charge in [0.1, 0.15) is 5.15 Å². The minimum Gasteiger partial charge on any atom is -0.397 e. The standard InChI is InChI=1S/C14H15ClN4O/c1-2-19(9-10-3-5-17-6-4-10)14(20)12-7-11(16)8-18-13(12)15/h3-8H,2,9,16H2,1H3. The van der Waals surface area contributed by atoms with Gasteiger partial charge in [-0.25, -0.2) is 4.98 Å². The molecule has 5 nitrogen and oxygen atoms in total. The molecule has 2 aromatic rings. The number of hydrogen-bond acceptors (Lipinski definition) is 4. The molecule has 0 atom stereocenters. The van der Waals surface area contributed by atoms with Crippen molar-refractivity contribution in [3.63, 3.8) is 0 Å². The first-order valence-corrected chi connectivity index (χ1v) is 6.58. The van der Waals surface area contributed by atoms with Crippen LogP contribution in [-0.4, -0.2) is 27.3 Å². The summed E-state index contributed by atoms with van der Waals surface area (Å²) in [5.74, 6) is -0.186. The maximum Gasteiger partial charge on any atom is 0.257 e. The molecular weight excluding hydrogens is 276 g/mol. The number of anilines is 1. The van der Waals surface area contributed by atoms with Gasteiger partial charge in [0.2, 0.25) is 0 Å². The third-order valence-electron chi connectivity index (χ3n) is 2.88. The molecule has 2 heterocycles. The number of nitrogens with zero attached hydrogens (tertiary/aromatic N) is 3. The van der Waals surface area contributed by atoms with Gasteiger partial charge in [0.05, 0.1) is 17.4 Å². The molecule has 2 N–H and O–H groups in total. The predicted octanol–water partition coefficient (Wildman–Crippen LogP) is 2.37. The molecule has 0 aliphatic rings. The predicted molar refractivity (Wildman–Crippen MR) is 78.3 cm³/mol. The summed E-state index contributed by atoms with van der Waals surface area (Å²) >= 11 is 5.97. The molecule has 0 saturated heterocycles. The van der Waals surface area contributed by atoms with E-state index in [9.17, 15) is 4.79 Å². The molecule has 2 rings (SSSR count). The van der Waals surface area contributed by atoms with Gasteiger partial charge in [-0.15, -0.1) is 0 Å². The van der Waals surface area contributed by atoms with Gasteiger partial charge < -0.3 is 10.6 Å². The first-order valence-electron chi connectivity index (χ1n) is 6.21. The van der Waals surface area contributed by atoms with E-state index in [2.05, 4.69) is 9.97 Å². The monoisotopic (exact) mass is 290 g/mol. The molecule has 0 radical (unpaired) electrons. The van der Waals surface area contributed by atoms with Gasteiger partial charge in [-0.05, 0) is 30.7 Å². The number of carbonyl (C=O) groups excluding carboxylic acids is 1. The molecule has 0 bridgehead atoms. The van der Waals surface area contributed by atoms with Crippen molar-refractivity contribution in [1.82, 2.24) is 14.9 Å². The molecule has 0 spiro atoms. The highest BCUT2D eigenvalue weighted by molar-refractivity contribution is 6.32. The maximum absolute atomic E-state index is 12.5. The molecule has 0 saturated carbocycles. The summed E-state index contributed by atoms with van der Waals surface area (Å²) in [5.41, 5.74) is 7.40. The third kappa shape index (κ3) is 3.24. The Morgan fingerprint density at radius 2 is 2.10 bits per heavy atom. The number of halogens is 1. The number of aromatic nitrogens is 2. The van der Waals surface area contributed by atoms with Crippen molar-refractivity contribution >= 4 is 23.2 Å². The summed E-state index contributed by atoms with van der Waals surface area (Å²) < 4.78 is 0. The number of nitrogen functional groups attached to an aromatic ring is 1. The highest BCUT2D eigenvalue weighted by atomic mass is 35.5. The first-order chi connectivity index (χ1) is 9.61. The quantitative estimate of drug-likeness (QED) is 0.878. The Hall–Kier alpha value is -2.14. The molecule has 2 aromatic heterocycles. The number of carbonyl (C=O) groups is 1. The zero-order valence-electron chi connectivity index (χ0n) is 11.1. The van der Waals surface area contributed by atoms with E-state index in [4.69, 9.17) is 17.3 Å². The first kappa shape index (κ1) is 14.3. The Kier molecular flexibility index (Phi) is 4.53. The van der Waals surface area contributed by atoms with Crippen LogP contribution < -0.4 is 5.73 Å². The largest absolute Gasteiger partial charge is 0.397 e. The van der Waals surface area contributed by atoms with E-state index in [1.165, 1.54) is 6.20 Å². The lowest BCUT2D eigenvalue weighted by Gasteiger charge is -2.21. The SMILES string of the molecule is CCN(Cc1ccncc1)C(=O)c1cc(N)cnc1Cl. The average Bonchev–Trinajstić information content (AvgIpc) is 2.47. The highest BCUT2D eigenvalue weighted by Gasteiger charge is 2.18. The summed E-state index contributed by atoms with van der Waals surface area (Å²) in [6, 6.07) is 5.29. The van der Waals surface area contributed by atoms with Gasteiger partial charge in [-0.3, -0.25) is 9.78 Å². The minimum atomic E-state index is -0.186. The normalized spacial score (nSPS) is 10.3. The van der Waals surface area contributed by atoms with Gasteiger partial charge in [0.25, 0.3) is 5.91 Å². The van der Waals surface area contributed by atoms with Crippen LogP contribution in [0.15, 0.2) is 36.8 Å². The molecule has 0 aliphatic carbocycles. The number of rotatable bonds is 4. The van der Waals surface area contributed by atoms with Gasteiger partial charge in [-0.1, -0.05) is 11.6 Å². The summed E-state index contributed by atoms with van der Waals surface area (Å²) in [5, 5.41) is 0.164. The van der Waals surface area contributed by atoms with E-state index >= 15 is 0 Å². The Morgan fingerprint density at radius 1 is 1.40 bits per heavy atom. The molecule has 1 amide bonds. The van der Waals surface area contributed by atoms with Crippen LogP contribution in [0.5, 0.6) is 0 Å². The van der Waals surface area contributed by atoms with Crippen LogP contribution in [-0.2, 0) is 6.54 Å². The Morgan fingerprint density at radius 3 is 2.75 bits per heavy atom. The molecule has 0 aromatic carbocycles. The van der Waals surface area contributed by atoms with E-state index in [-0.39, 0.29) is 11.1 Å². The van der Waals surface area contributed by atoms with Crippen molar-refractivity contribution in [2.75, 3.05) is 12.3 Å². The lowest BCUT2D eigenvalue weighted by molar-refractivity contribution is 0.0752. The van der Waals surface area contributed by atoms with E-state index in [0.717, 1.165) is 5.56 Å². The second-order valence-electron chi connectivity index (χ2n) is 4.28. The molecule has 104 valence electrons. The average molecular weight is 291 g/mol. The molecule has 0 unspecified atom stereocenters. The topological polar surface area (TPSA) is 72.1 Å². The zero-order valence-corrected chi connectivity index (χ0v) is 11.8. The number of amides is 1. The van der Waals surface area contributed by atoms with Crippen LogP contribution in [0.2, 0.25) is 5.15 Å². The lowest BCUT2D eigenvalue weighted by atomic mass is 10.2. The van der Waals surface area contributed by atoms with Crippen molar-refractivity contribution in [2.45, 2.75) is 13.5 Å². The Bertz CT molecular complexity index is 603. The molecule has 0 aliphatic heterocycles. The van der Waals surface area contributed by atoms with Gasteiger partial charge in [-0.2, -0.15) is 0 Å². The van der Waals surface area contributed by atoms with Crippen LogP contribution in [0, 0.1) is 0 Å². The molecule has 6 heteroatoms. The van der Waals surface area contributed by atoms with E-state index < -0.39 is 0 Å². The fraction of sp³-hybridized carbons (Fsp3) is 0.214. The number of hydrogen-bond donors (Lipinski definition) is 1. The van der Waals surface area contributed by atoms with E-state index in [1.54, 1.807) is 23.4 Å². The summed E-state index contributed by atoms with van der Waals surface area (Å²) in [7, 11) is 0. The minimum absolute atomic E-state index is 0.164. The van der Waals surface area contributed by atoms with Crippen LogP contribution in [0.3, 0.4) is 0 Å². The summed E-state index contributed by atoms with van der Waals surface area (Å²) in [4.78, 5) is 22.0. The summed E-state index contributed by atoms with van der Waals surface area (Å²) in [6.45, 7) is 2.96. The van der Waals surface area contributed by atoms with Crippen LogP contribution in [0.4, 0.5) is 5.69 Å². The second kappa shape index (κ2) is 6.34. The van der Waals surface area contributed by atoms with Gasteiger partial charge in [0.15, 0.2) is 0 Å². The van der Waals surface area contributed by atoms with Crippen molar-refractivity contribution in [2.24, 2.45) is 0 Å². The smallest absolute Gasteiger partial charge is 0.257 e. The highest BCUT2D eigenvalue weighted by Crippen LogP contribution is 2.18. The third-order valence-corrected chi connectivity index (χ3v) is 3.18. The van der Waals surface area contributed by atoms with Crippen molar-refractivity contribution < 1.29 is 4.79 Å². The summed E-state index contributed by atoms with van der Waals surface area (Å²) in [6.07, 6.45) is 4.82. The van der Waals surface area contributed by atoms with Crippen LogP contribution >= 0.6 is 11.6 Å². The fourth-order valence-corrected chi connectivity index (χ4v) is 2.00. The lowest BCUT2D eigenvalue weighted by Crippen LogP contribution is -2.30. The number of nitrogens with two attached hydrogens (primary N) is 1. The Balaban J connectivity index is 2.23. The molecule has 0 fully saturated rings. The van der Waals surface area contributed by atoms with E-state index in [1.807, 2.05) is 19.1 Å². The molecule has 20 heavy (non-hydrogen) atoms. The fourth-order valence-electron chi connectivity index (χ4n) is 1.82. The number of pyridine rings is 2. The van der Waals surface area contributed by atoms with Crippen molar-refractivity contribution in [1.29, 1.82) is 0 Å². The van der Waals surface area contributed by atoms with Crippen LogP contribution in [0.25, 0.3) is 0 Å². The van der Waals surface area contributed by atoms with Gasteiger partial charge in [0, 0.05) is 25.5 Å².